The van der Waals surface area contributed by atoms with Gasteiger partial charge in [0, 0.05) is 34.4 Å². The molecule has 171 valence electrons. The number of aliphatic hydroxyl groups is 1. The number of aliphatic hydroxyl groups excluding tert-OH is 1. The van der Waals surface area contributed by atoms with Crippen LogP contribution in [0.15, 0.2) is 36.5 Å². The SMILES string of the molecule is COc1cc(CO)c(Cl)cc1Nc1nccc(-c2cc(C#N)c3c(c2)C(C)(C)CN3[B]C=O)n1. The van der Waals surface area contributed by atoms with E-state index in [1.807, 2.05) is 10.9 Å². The molecular weight excluding hydrogens is 453 g/mol. The summed E-state index contributed by atoms with van der Waals surface area (Å²) in [4.78, 5) is 21.9. The van der Waals surface area contributed by atoms with Crippen LogP contribution in [0.25, 0.3) is 11.3 Å². The van der Waals surface area contributed by atoms with Gasteiger partial charge >= 0.3 is 7.41 Å². The quantitative estimate of drug-likeness (QED) is 0.393. The third-order valence-electron chi connectivity index (χ3n) is 5.79. The molecule has 2 heterocycles. The Bertz CT molecular complexity index is 1310. The van der Waals surface area contributed by atoms with Crippen molar-refractivity contribution in [1.29, 1.82) is 5.26 Å². The highest BCUT2D eigenvalue weighted by Crippen LogP contribution is 2.44. The third kappa shape index (κ3) is 4.30. The van der Waals surface area contributed by atoms with Gasteiger partial charge in [-0.1, -0.05) is 25.4 Å². The van der Waals surface area contributed by atoms with Crippen LogP contribution in [0.2, 0.25) is 5.02 Å². The van der Waals surface area contributed by atoms with E-state index in [2.05, 4.69) is 35.2 Å². The van der Waals surface area contributed by atoms with E-state index in [0.29, 0.717) is 45.8 Å². The van der Waals surface area contributed by atoms with Crippen LogP contribution >= 0.6 is 11.6 Å². The number of fused-ring (bicyclic) bond motifs is 1. The highest BCUT2D eigenvalue weighted by atomic mass is 35.5. The number of anilines is 3. The van der Waals surface area contributed by atoms with Crippen molar-refractivity contribution in [1.82, 2.24) is 9.97 Å². The average molecular weight is 475 g/mol. The van der Waals surface area contributed by atoms with Gasteiger partial charge in [-0.15, -0.1) is 0 Å². The van der Waals surface area contributed by atoms with E-state index < -0.39 is 0 Å². The first-order valence-corrected chi connectivity index (χ1v) is 10.9. The maximum atomic E-state index is 11.1. The molecule has 0 atom stereocenters. The second-order valence-electron chi connectivity index (χ2n) is 8.52. The van der Waals surface area contributed by atoms with E-state index in [1.165, 1.54) is 14.5 Å². The van der Waals surface area contributed by atoms with E-state index in [9.17, 15) is 15.2 Å². The molecule has 0 unspecified atom stereocenters. The summed E-state index contributed by atoms with van der Waals surface area (Å²) in [5.74, 6) is 0.804. The molecule has 0 aliphatic carbocycles. The fourth-order valence-corrected chi connectivity index (χ4v) is 4.39. The second-order valence-corrected chi connectivity index (χ2v) is 8.93. The number of nitriles is 1. The maximum Gasteiger partial charge on any atom is 0.329 e. The maximum absolute atomic E-state index is 11.1. The van der Waals surface area contributed by atoms with Crippen LogP contribution in [0.3, 0.4) is 0 Å². The molecule has 0 amide bonds. The monoisotopic (exact) mass is 474 g/mol. The van der Waals surface area contributed by atoms with Gasteiger partial charge in [-0.3, -0.25) is 0 Å². The van der Waals surface area contributed by atoms with E-state index in [1.54, 1.807) is 30.5 Å². The van der Waals surface area contributed by atoms with Gasteiger partial charge in [0.25, 0.3) is 0 Å². The van der Waals surface area contributed by atoms with E-state index in [4.69, 9.17) is 16.3 Å². The Labute approximate surface area is 203 Å². The number of hydrogen-bond acceptors (Lipinski definition) is 8. The summed E-state index contributed by atoms with van der Waals surface area (Å²) in [5.41, 5.74) is 4.42. The molecule has 8 nitrogen and oxygen atoms in total. The number of nitrogens with one attached hydrogen (secondary N) is 1. The summed E-state index contributed by atoms with van der Waals surface area (Å²) < 4.78 is 5.41. The Morgan fingerprint density at radius 1 is 1.38 bits per heavy atom. The number of benzene rings is 2. The predicted molar refractivity (Wildman–Crippen MR) is 132 cm³/mol. The number of halogens is 1. The second kappa shape index (κ2) is 9.33. The van der Waals surface area contributed by atoms with Crippen LogP contribution in [-0.4, -0.2) is 42.3 Å². The van der Waals surface area contributed by atoms with Crippen LogP contribution in [0.1, 0.15) is 30.5 Å². The van der Waals surface area contributed by atoms with Gasteiger partial charge < -0.3 is 24.8 Å². The van der Waals surface area contributed by atoms with Crippen molar-refractivity contribution < 1.29 is 14.6 Å². The minimum atomic E-state index is -0.261. The summed E-state index contributed by atoms with van der Waals surface area (Å²) in [6.45, 7) is 4.54. The molecule has 2 N–H and O–H groups in total. The normalized spacial score (nSPS) is 13.7. The lowest BCUT2D eigenvalue weighted by atomic mass is 9.84. The fourth-order valence-electron chi connectivity index (χ4n) is 4.17. The zero-order chi connectivity index (χ0) is 24.5. The zero-order valence-corrected chi connectivity index (χ0v) is 19.7. The molecule has 1 aliphatic rings. The van der Waals surface area contributed by atoms with Gasteiger partial charge in [0.1, 0.15) is 18.0 Å². The number of carbonyl (C=O) groups is 1. The Morgan fingerprint density at radius 3 is 2.85 bits per heavy atom. The van der Waals surface area contributed by atoms with Crippen LogP contribution in [0.5, 0.6) is 5.75 Å². The molecule has 0 saturated carbocycles. The predicted octanol–water partition coefficient (Wildman–Crippen LogP) is 3.82. The first-order valence-electron chi connectivity index (χ1n) is 10.5. The zero-order valence-electron chi connectivity index (χ0n) is 19.0. The van der Waals surface area contributed by atoms with Crippen molar-refractivity contribution >= 4 is 42.5 Å². The number of rotatable bonds is 7. The largest absolute Gasteiger partial charge is 0.495 e. The highest BCUT2D eigenvalue weighted by molar-refractivity contribution is 6.70. The molecule has 0 fully saturated rings. The minimum absolute atomic E-state index is 0.209. The summed E-state index contributed by atoms with van der Waals surface area (Å²) in [6, 6.07) is 11.1. The van der Waals surface area contributed by atoms with Crippen molar-refractivity contribution in [2.45, 2.75) is 25.9 Å². The molecule has 34 heavy (non-hydrogen) atoms. The molecule has 4 rings (SSSR count). The molecule has 3 aromatic rings. The van der Waals surface area contributed by atoms with Crippen molar-refractivity contribution in [3.05, 3.63) is 58.2 Å². The Kier molecular flexibility index (Phi) is 6.46. The van der Waals surface area contributed by atoms with Crippen molar-refractivity contribution in [3.63, 3.8) is 0 Å². The number of aromatic nitrogens is 2. The van der Waals surface area contributed by atoms with Gasteiger partial charge in [-0.05, 0) is 41.5 Å². The lowest BCUT2D eigenvalue weighted by Crippen LogP contribution is -2.32. The van der Waals surface area contributed by atoms with Crippen LogP contribution in [0, 0.1) is 11.3 Å². The molecule has 0 spiro atoms. The van der Waals surface area contributed by atoms with Crippen molar-refractivity contribution in [2.75, 3.05) is 23.8 Å². The standard InChI is InChI=1S/C24H22BClN5O3/c1-24(2)12-31(25-13-33)22-15(10-27)6-14(7-17(22)24)19-4-5-28-23(29-19)30-20-9-18(26)16(11-32)8-21(20)34-3/h4-9,13,32H,11-12H2,1-3H3,(H,28,29,30). The Hall–Kier alpha value is -3.61. The van der Waals surface area contributed by atoms with Gasteiger partial charge in [-0.2, -0.15) is 5.26 Å². The van der Waals surface area contributed by atoms with Crippen LogP contribution in [-0.2, 0) is 16.8 Å². The Balaban J connectivity index is 1.74. The van der Waals surface area contributed by atoms with E-state index in [0.717, 1.165) is 23.0 Å². The fraction of sp³-hybridized carbons (Fsp3) is 0.250. The summed E-state index contributed by atoms with van der Waals surface area (Å²) in [7, 11) is 2.98. The van der Waals surface area contributed by atoms with Gasteiger partial charge in [0.2, 0.25) is 5.95 Å². The number of hydrogen-bond donors (Lipinski definition) is 2. The summed E-state index contributed by atoms with van der Waals surface area (Å²) >= 11 is 6.24. The topological polar surface area (TPSA) is 111 Å². The first kappa shape index (κ1) is 23.5. The molecule has 1 aliphatic heterocycles. The minimum Gasteiger partial charge on any atom is -0.495 e. The average Bonchev–Trinajstić information content (AvgIpc) is 3.09. The van der Waals surface area contributed by atoms with Crippen LogP contribution < -0.4 is 14.9 Å². The van der Waals surface area contributed by atoms with Gasteiger partial charge in [-0.25, -0.2) is 9.97 Å². The molecule has 1 aromatic heterocycles. The molecular formula is C24H22BClN5O3. The molecule has 1 radical (unpaired) electrons. The summed E-state index contributed by atoms with van der Waals surface area (Å²) in [5, 5.41) is 22.8. The number of ether oxygens (including phenoxy) is 1. The Morgan fingerprint density at radius 2 is 2.18 bits per heavy atom. The number of nitrogens with zero attached hydrogens (tertiary/aromatic N) is 4. The lowest BCUT2D eigenvalue weighted by Gasteiger charge is -2.20. The molecule has 0 saturated heterocycles. The van der Waals surface area contributed by atoms with Crippen molar-refractivity contribution in [2.24, 2.45) is 0 Å². The van der Waals surface area contributed by atoms with Crippen LogP contribution in [0.4, 0.5) is 17.3 Å². The van der Waals surface area contributed by atoms with E-state index >= 15 is 0 Å². The third-order valence-corrected chi connectivity index (χ3v) is 6.14. The van der Waals surface area contributed by atoms with Gasteiger partial charge in [0.05, 0.1) is 30.7 Å². The smallest absolute Gasteiger partial charge is 0.329 e. The van der Waals surface area contributed by atoms with Crippen molar-refractivity contribution in [3.8, 4) is 23.1 Å². The number of carbonyl (C=O) groups excluding carboxylic acids is 1. The number of methoxy groups -OCH3 is 1. The molecule has 2 aromatic carbocycles. The molecule has 0 bridgehead atoms. The first-order chi connectivity index (χ1) is 16.3. The van der Waals surface area contributed by atoms with E-state index in [-0.39, 0.29) is 12.0 Å². The summed E-state index contributed by atoms with van der Waals surface area (Å²) in [6.07, 6.45) is 2.36. The molecule has 10 heteroatoms. The highest BCUT2D eigenvalue weighted by Gasteiger charge is 2.37. The van der Waals surface area contributed by atoms with Gasteiger partial charge in [0.15, 0.2) is 0 Å². The lowest BCUT2D eigenvalue weighted by molar-refractivity contribution is 0.281.